The van der Waals surface area contributed by atoms with E-state index in [-0.39, 0.29) is 6.04 Å². The molecule has 2 rings (SSSR count). The highest BCUT2D eigenvalue weighted by molar-refractivity contribution is 9.11. The molecule has 7 heteroatoms. The van der Waals surface area contributed by atoms with Gasteiger partial charge in [0.05, 0.1) is 26.5 Å². The zero-order valence-corrected chi connectivity index (χ0v) is 15.0. The summed E-state index contributed by atoms with van der Waals surface area (Å²) in [5.74, 6) is 0.851. The van der Waals surface area contributed by atoms with Crippen molar-refractivity contribution in [2.45, 2.75) is 6.04 Å². The number of hydrogen-bond acceptors (Lipinski definition) is 5. The van der Waals surface area contributed by atoms with Crippen LogP contribution in [0.4, 0.5) is 0 Å². The van der Waals surface area contributed by atoms with Crippen LogP contribution >= 0.6 is 31.9 Å². The van der Waals surface area contributed by atoms with E-state index in [9.17, 15) is 0 Å². The van der Waals surface area contributed by atoms with E-state index < -0.39 is 0 Å². The Morgan fingerprint density at radius 2 is 1.95 bits per heavy atom. The Kier molecular flexibility index (Phi) is 5.55. The molecule has 112 valence electrons. The molecule has 21 heavy (non-hydrogen) atoms. The van der Waals surface area contributed by atoms with Gasteiger partial charge in [0.25, 0.3) is 0 Å². The number of nitrogens with zero attached hydrogens (tertiary/aromatic N) is 2. The topological polar surface area (TPSA) is 56.3 Å². The summed E-state index contributed by atoms with van der Waals surface area (Å²) in [6.45, 7) is 0. The smallest absolute Gasteiger partial charge is 0.240 e. The Balaban J connectivity index is 2.50. The third kappa shape index (κ3) is 3.53. The standard InChI is InChI=1S/C14H15Br2N3O2/c1-17-12(9-5-4-8(15)6-10(9)16)13-14(21-3)19-11(20-2)7-18-13/h4-7,12,17H,1-3H3. The van der Waals surface area contributed by atoms with Crippen molar-refractivity contribution in [3.8, 4) is 11.8 Å². The van der Waals surface area contributed by atoms with Crippen LogP contribution in [0.15, 0.2) is 33.3 Å². The zero-order chi connectivity index (χ0) is 15.4. The molecule has 0 aliphatic carbocycles. The number of ether oxygens (including phenoxy) is 2. The lowest BCUT2D eigenvalue weighted by atomic mass is 10.0. The van der Waals surface area contributed by atoms with E-state index in [2.05, 4.69) is 47.1 Å². The second-order valence-corrected chi connectivity index (χ2v) is 5.96. The normalized spacial score (nSPS) is 12.0. The van der Waals surface area contributed by atoms with Gasteiger partial charge in [-0.2, -0.15) is 4.98 Å². The van der Waals surface area contributed by atoms with Crippen molar-refractivity contribution >= 4 is 31.9 Å². The first-order valence-corrected chi connectivity index (χ1v) is 7.76. The van der Waals surface area contributed by atoms with Crippen LogP contribution in [0.2, 0.25) is 0 Å². The van der Waals surface area contributed by atoms with E-state index in [1.165, 1.54) is 0 Å². The molecule has 0 fully saturated rings. The number of rotatable bonds is 5. The monoisotopic (exact) mass is 415 g/mol. The van der Waals surface area contributed by atoms with Gasteiger partial charge in [-0.3, -0.25) is 0 Å². The summed E-state index contributed by atoms with van der Waals surface area (Å²) in [6, 6.07) is 5.83. The minimum atomic E-state index is -0.152. The molecule has 0 saturated carbocycles. The summed E-state index contributed by atoms with van der Waals surface area (Å²) in [5, 5.41) is 3.24. The van der Waals surface area contributed by atoms with Gasteiger partial charge < -0.3 is 14.8 Å². The van der Waals surface area contributed by atoms with Crippen molar-refractivity contribution in [3.63, 3.8) is 0 Å². The number of hydrogen-bond donors (Lipinski definition) is 1. The van der Waals surface area contributed by atoms with Crippen LogP contribution in [-0.2, 0) is 0 Å². The van der Waals surface area contributed by atoms with Gasteiger partial charge in [0.1, 0.15) is 5.69 Å². The second-order valence-electron chi connectivity index (χ2n) is 4.19. The molecule has 0 amide bonds. The molecule has 1 atom stereocenters. The van der Waals surface area contributed by atoms with Crippen LogP contribution < -0.4 is 14.8 Å². The fourth-order valence-electron chi connectivity index (χ4n) is 1.99. The first-order chi connectivity index (χ1) is 10.1. The van der Waals surface area contributed by atoms with E-state index in [0.29, 0.717) is 17.5 Å². The molecule has 0 saturated heterocycles. The molecule has 2 aromatic rings. The molecular weight excluding hydrogens is 402 g/mol. The lowest BCUT2D eigenvalue weighted by molar-refractivity contribution is 0.353. The van der Waals surface area contributed by atoms with E-state index in [1.54, 1.807) is 20.4 Å². The fourth-order valence-corrected chi connectivity index (χ4v) is 3.26. The van der Waals surface area contributed by atoms with Gasteiger partial charge in [0, 0.05) is 8.95 Å². The first kappa shape index (κ1) is 16.2. The molecule has 1 unspecified atom stereocenters. The van der Waals surface area contributed by atoms with Gasteiger partial charge in [0.15, 0.2) is 0 Å². The first-order valence-electron chi connectivity index (χ1n) is 6.17. The van der Waals surface area contributed by atoms with Crippen LogP contribution in [0.25, 0.3) is 0 Å². The molecule has 0 bridgehead atoms. The largest absolute Gasteiger partial charge is 0.480 e. The summed E-state index contributed by atoms with van der Waals surface area (Å²) in [5.41, 5.74) is 1.74. The molecule has 5 nitrogen and oxygen atoms in total. The lowest BCUT2D eigenvalue weighted by Crippen LogP contribution is -2.20. The summed E-state index contributed by atoms with van der Waals surface area (Å²) in [4.78, 5) is 8.70. The number of benzene rings is 1. The number of nitrogens with one attached hydrogen (secondary N) is 1. The highest BCUT2D eigenvalue weighted by Gasteiger charge is 2.22. The van der Waals surface area contributed by atoms with E-state index in [1.807, 2.05) is 25.2 Å². The molecule has 0 spiro atoms. The van der Waals surface area contributed by atoms with Crippen LogP contribution in [0.1, 0.15) is 17.3 Å². The Labute approximate surface area is 140 Å². The van der Waals surface area contributed by atoms with E-state index in [0.717, 1.165) is 14.5 Å². The predicted octanol–water partition coefficient (Wildman–Crippen LogP) is 3.33. The molecule has 0 aliphatic rings. The van der Waals surface area contributed by atoms with E-state index >= 15 is 0 Å². The quantitative estimate of drug-likeness (QED) is 0.810. The van der Waals surface area contributed by atoms with Crippen molar-refractivity contribution in [3.05, 3.63) is 44.6 Å². The fraction of sp³-hybridized carbons (Fsp3) is 0.286. The zero-order valence-electron chi connectivity index (χ0n) is 11.9. The molecule has 0 radical (unpaired) electrons. The van der Waals surface area contributed by atoms with Gasteiger partial charge in [-0.15, -0.1) is 0 Å². The summed E-state index contributed by atoms with van der Waals surface area (Å²) < 4.78 is 12.4. The Morgan fingerprint density at radius 3 is 2.52 bits per heavy atom. The summed E-state index contributed by atoms with van der Waals surface area (Å²) in [6.07, 6.45) is 1.58. The molecule has 1 aromatic carbocycles. The van der Waals surface area contributed by atoms with Crippen LogP contribution in [0.3, 0.4) is 0 Å². The lowest BCUT2D eigenvalue weighted by Gasteiger charge is -2.19. The number of halogens is 2. The third-order valence-corrected chi connectivity index (χ3v) is 4.16. The number of methoxy groups -OCH3 is 2. The molecule has 1 aromatic heterocycles. The minimum absolute atomic E-state index is 0.152. The molecule has 1 heterocycles. The van der Waals surface area contributed by atoms with Gasteiger partial charge in [-0.05, 0) is 24.7 Å². The third-order valence-electron chi connectivity index (χ3n) is 2.98. The van der Waals surface area contributed by atoms with Crippen molar-refractivity contribution in [1.82, 2.24) is 15.3 Å². The number of aromatic nitrogens is 2. The highest BCUT2D eigenvalue weighted by atomic mass is 79.9. The SMILES string of the molecule is CNC(c1ccc(Br)cc1Br)c1ncc(OC)nc1OC. The maximum atomic E-state index is 5.34. The Hall–Kier alpha value is -1.18. The molecule has 1 N–H and O–H groups in total. The predicted molar refractivity (Wildman–Crippen MR) is 87.9 cm³/mol. The molecular formula is C14H15Br2N3O2. The van der Waals surface area contributed by atoms with Gasteiger partial charge in [-0.1, -0.05) is 37.9 Å². The summed E-state index contributed by atoms with van der Waals surface area (Å²) in [7, 11) is 4.98. The van der Waals surface area contributed by atoms with E-state index in [4.69, 9.17) is 9.47 Å². The molecule has 0 aliphatic heterocycles. The highest BCUT2D eigenvalue weighted by Crippen LogP contribution is 2.33. The Morgan fingerprint density at radius 1 is 1.19 bits per heavy atom. The summed E-state index contributed by atoms with van der Waals surface area (Å²) >= 11 is 7.03. The minimum Gasteiger partial charge on any atom is -0.480 e. The van der Waals surface area contributed by atoms with Crippen molar-refractivity contribution in [2.75, 3.05) is 21.3 Å². The Bertz CT molecular complexity index is 638. The van der Waals surface area contributed by atoms with Crippen LogP contribution in [0.5, 0.6) is 11.8 Å². The average Bonchev–Trinajstić information content (AvgIpc) is 2.50. The van der Waals surface area contributed by atoms with Gasteiger partial charge >= 0.3 is 0 Å². The second kappa shape index (κ2) is 7.20. The van der Waals surface area contributed by atoms with Gasteiger partial charge in [0.2, 0.25) is 11.8 Å². The maximum absolute atomic E-state index is 5.34. The van der Waals surface area contributed by atoms with Crippen molar-refractivity contribution in [2.24, 2.45) is 0 Å². The van der Waals surface area contributed by atoms with Gasteiger partial charge in [-0.25, -0.2) is 4.98 Å². The van der Waals surface area contributed by atoms with Crippen molar-refractivity contribution in [1.29, 1.82) is 0 Å². The van der Waals surface area contributed by atoms with Crippen molar-refractivity contribution < 1.29 is 9.47 Å². The van der Waals surface area contributed by atoms with Crippen LogP contribution in [0, 0.1) is 0 Å². The van der Waals surface area contributed by atoms with Crippen LogP contribution in [-0.4, -0.2) is 31.2 Å². The average molecular weight is 417 g/mol. The maximum Gasteiger partial charge on any atom is 0.240 e.